The predicted molar refractivity (Wildman–Crippen MR) is 96.6 cm³/mol. The van der Waals surface area contributed by atoms with Gasteiger partial charge in [-0.05, 0) is 13.0 Å². The van der Waals surface area contributed by atoms with Gasteiger partial charge in [0.25, 0.3) is 11.6 Å². The van der Waals surface area contributed by atoms with Crippen molar-refractivity contribution in [2.24, 2.45) is 5.41 Å². The van der Waals surface area contributed by atoms with Crippen LogP contribution < -0.4 is 5.32 Å². The number of nitrogens with one attached hydrogen (secondary N) is 2. The minimum Gasteiger partial charge on any atom is -0.479 e. The van der Waals surface area contributed by atoms with E-state index in [1.165, 1.54) is 24.4 Å². The van der Waals surface area contributed by atoms with Crippen molar-refractivity contribution in [3.8, 4) is 0 Å². The molecule has 1 aliphatic rings. The lowest BCUT2D eigenvalue weighted by Gasteiger charge is -2.58. The second-order valence-electron chi connectivity index (χ2n) is 7.22. The molecule has 1 aromatic heterocycles. The molecule has 2 atom stereocenters. The number of hydrogen-bond acceptors (Lipinski definition) is 5. The number of nitrogens with zero attached hydrogens (tertiary/aromatic N) is 1. The maximum Gasteiger partial charge on any atom is 0.330 e. The molecule has 2 aromatic rings. The van der Waals surface area contributed by atoms with Crippen LogP contribution in [0.2, 0.25) is 0 Å². The summed E-state index contributed by atoms with van der Waals surface area (Å²) in [6.07, 6.45) is 1.28. The van der Waals surface area contributed by atoms with Crippen LogP contribution in [-0.4, -0.2) is 45.1 Å². The Morgan fingerprint density at radius 2 is 2.15 bits per heavy atom. The summed E-state index contributed by atoms with van der Waals surface area (Å²) in [6, 6.07) is 4.14. The van der Waals surface area contributed by atoms with Gasteiger partial charge in [0.05, 0.1) is 16.6 Å². The average molecular weight is 375 g/mol. The number of amides is 1. The molecule has 3 rings (SSSR count). The number of nitro benzene ring substituents is 1. The number of hydrogen-bond donors (Lipinski definition) is 3. The van der Waals surface area contributed by atoms with Crippen LogP contribution in [0.15, 0.2) is 24.4 Å². The van der Waals surface area contributed by atoms with Gasteiger partial charge in [-0.15, -0.1) is 0 Å². The highest BCUT2D eigenvalue weighted by Crippen LogP contribution is 2.51. The number of aromatic amines is 1. The second kappa shape index (κ2) is 6.34. The molecule has 0 aliphatic heterocycles. The van der Waals surface area contributed by atoms with Gasteiger partial charge in [-0.1, -0.05) is 13.8 Å². The van der Waals surface area contributed by atoms with Crippen LogP contribution in [-0.2, 0) is 9.53 Å². The number of rotatable bonds is 6. The molecule has 2 unspecified atom stereocenters. The first-order valence-electron chi connectivity index (χ1n) is 8.57. The minimum absolute atomic E-state index is 0.149. The predicted octanol–water partition coefficient (Wildman–Crippen LogP) is 2.46. The normalized spacial score (nSPS) is 23.6. The molecule has 0 saturated heterocycles. The van der Waals surface area contributed by atoms with Gasteiger partial charge in [-0.2, -0.15) is 0 Å². The van der Waals surface area contributed by atoms with E-state index in [1.54, 1.807) is 13.8 Å². The molecule has 9 nitrogen and oxygen atoms in total. The topological polar surface area (TPSA) is 135 Å². The van der Waals surface area contributed by atoms with Crippen LogP contribution in [0.3, 0.4) is 0 Å². The number of carboxylic acids is 1. The zero-order valence-electron chi connectivity index (χ0n) is 15.2. The summed E-state index contributed by atoms with van der Waals surface area (Å²) in [6.45, 7) is 5.76. The third-order valence-corrected chi connectivity index (χ3v) is 5.58. The molecule has 1 amide bonds. The van der Waals surface area contributed by atoms with E-state index >= 15 is 0 Å². The van der Waals surface area contributed by atoms with Gasteiger partial charge in [0, 0.05) is 47.7 Å². The van der Waals surface area contributed by atoms with Crippen molar-refractivity contribution in [3.05, 3.63) is 40.1 Å². The SMILES string of the molecule is CCOC1CC(NC(=O)c2c[nH]c3ccc([N+](=O)[O-])cc23)(C(=O)O)C1(C)C. The van der Waals surface area contributed by atoms with Gasteiger partial charge in [0.1, 0.15) is 5.54 Å². The Bertz CT molecular complexity index is 934. The Labute approximate surface area is 154 Å². The molecule has 9 heteroatoms. The highest BCUT2D eigenvalue weighted by atomic mass is 16.6. The van der Waals surface area contributed by atoms with E-state index in [4.69, 9.17) is 4.74 Å². The maximum atomic E-state index is 12.9. The highest BCUT2D eigenvalue weighted by Gasteiger charge is 2.66. The van der Waals surface area contributed by atoms with Gasteiger partial charge in [-0.3, -0.25) is 14.9 Å². The third kappa shape index (κ3) is 2.74. The second-order valence-corrected chi connectivity index (χ2v) is 7.22. The van der Waals surface area contributed by atoms with E-state index in [2.05, 4.69) is 10.3 Å². The molecular weight excluding hydrogens is 354 g/mol. The monoisotopic (exact) mass is 375 g/mol. The Morgan fingerprint density at radius 3 is 2.70 bits per heavy atom. The molecule has 1 aromatic carbocycles. The Kier molecular flexibility index (Phi) is 4.43. The van der Waals surface area contributed by atoms with Crippen LogP contribution in [0, 0.1) is 15.5 Å². The highest BCUT2D eigenvalue weighted by molar-refractivity contribution is 6.08. The maximum absolute atomic E-state index is 12.9. The van der Waals surface area contributed by atoms with Crippen molar-refractivity contribution in [2.45, 2.75) is 38.8 Å². The van der Waals surface area contributed by atoms with Gasteiger partial charge in [0.2, 0.25) is 0 Å². The number of H-pyrrole nitrogens is 1. The van der Waals surface area contributed by atoms with Gasteiger partial charge < -0.3 is 20.1 Å². The molecule has 3 N–H and O–H groups in total. The van der Waals surface area contributed by atoms with Crippen molar-refractivity contribution in [3.63, 3.8) is 0 Å². The fourth-order valence-corrected chi connectivity index (χ4v) is 3.71. The van der Waals surface area contributed by atoms with E-state index in [0.29, 0.717) is 17.5 Å². The summed E-state index contributed by atoms with van der Waals surface area (Å²) in [7, 11) is 0. The number of aromatic nitrogens is 1. The number of carboxylic acid groups (broad SMARTS) is 1. The summed E-state index contributed by atoms with van der Waals surface area (Å²) in [5, 5.41) is 23.8. The van der Waals surface area contributed by atoms with Gasteiger partial charge in [-0.25, -0.2) is 4.79 Å². The van der Waals surface area contributed by atoms with E-state index in [9.17, 15) is 24.8 Å². The molecule has 0 radical (unpaired) electrons. The van der Waals surface area contributed by atoms with Crippen LogP contribution in [0.1, 0.15) is 37.6 Å². The van der Waals surface area contributed by atoms with Crippen LogP contribution in [0.25, 0.3) is 10.9 Å². The standard InChI is InChI=1S/C18H21N3O6/c1-4-27-14-8-18(16(23)24,17(14,2)3)20-15(22)12-9-19-13-6-5-10(21(25)26)7-11(12)13/h5-7,9,14,19H,4,8H2,1-3H3,(H,20,22)(H,23,24). The number of aliphatic carboxylic acids is 1. The van der Waals surface area contributed by atoms with Gasteiger partial charge >= 0.3 is 5.97 Å². The fourth-order valence-electron chi connectivity index (χ4n) is 3.71. The molecule has 144 valence electrons. The summed E-state index contributed by atoms with van der Waals surface area (Å²) in [5.41, 5.74) is -1.73. The first-order valence-corrected chi connectivity index (χ1v) is 8.57. The largest absolute Gasteiger partial charge is 0.479 e. The lowest BCUT2D eigenvalue weighted by atomic mass is 9.54. The molecule has 1 heterocycles. The summed E-state index contributed by atoms with van der Waals surface area (Å²) in [5.74, 6) is -1.74. The minimum atomic E-state index is -1.48. The molecule has 27 heavy (non-hydrogen) atoms. The van der Waals surface area contributed by atoms with Crippen molar-refractivity contribution < 1.29 is 24.4 Å². The first-order chi connectivity index (χ1) is 12.6. The van der Waals surface area contributed by atoms with E-state index in [-0.39, 0.29) is 23.8 Å². The average Bonchev–Trinajstić information content (AvgIpc) is 3.03. The number of benzene rings is 1. The van der Waals surface area contributed by atoms with Gasteiger partial charge in [0.15, 0.2) is 0 Å². The zero-order chi connectivity index (χ0) is 20.0. The summed E-state index contributed by atoms with van der Waals surface area (Å²) in [4.78, 5) is 38.2. The van der Waals surface area contributed by atoms with Crippen molar-refractivity contribution in [1.82, 2.24) is 10.3 Å². The van der Waals surface area contributed by atoms with Crippen LogP contribution in [0.4, 0.5) is 5.69 Å². The molecular formula is C18H21N3O6. The Hall–Kier alpha value is -2.94. The summed E-state index contributed by atoms with van der Waals surface area (Å²) < 4.78 is 5.59. The lowest BCUT2D eigenvalue weighted by Crippen LogP contribution is -2.76. The third-order valence-electron chi connectivity index (χ3n) is 5.58. The van der Waals surface area contributed by atoms with Crippen molar-refractivity contribution >= 4 is 28.5 Å². The quantitative estimate of drug-likeness (QED) is 0.524. The van der Waals surface area contributed by atoms with E-state index < -0.39 is 27.8 Å². The smallest absolute Gasteiger partial charge is 0.330 e. The number of ether oxygens (including phenoxy) is 1. The lowest BCUT2D eigenvalue weighted by molar-refractivity contribution is -0.384. The Balaban J connectivity index is 1.94. The summed E-state index contributed by atoms with van der Waals surface area (Å²) >= 11 is 0. The fraction of sp³-hybridized carbons (Fsp3) is 0.444. The zero-order valence-corrected chi connectivity index (χ0v) is 15.2. The molecule has 0 bridgehead atoms. The number of fused-ring (bicyclic) bond motifs is 1. The Morgan fingerprint density at radius 1 is 1.44 bits per heavy atom. The van der Waals surface area contributed by atoms with Crippen LogP contribution >= 0.6 is 0 Å². The first kappa shape index (κ1) is 18.8. The number of carbonyl (C=O) groups excluding carboxylic acids is 1. The number of nitro groups is 1. The molecule has 1 saturated carbocycles. The van der Waals surface area contributed by atoms with Crippen molar-refractivity contribution in [1.29, 1.82) is 0 Å². The number of non-ortho nitro benzene ring substituents is 1. The molecule has 1 aliphatic carbocycles. The van der Waals surface area contributed by atoms with E-state index in [1.807, 2.05) is 6.92 Å². The van der Waals surface area contributed by atoms with Crippen molar-refractivity contribution in [2.75, 3.05) is 6.61 Å². The molecule has 0 spiro atoms. The van der Waals surface area contributed by atoms with Crippen LogP contribution in [0.5, 0.6) is 0 Å². The molecule has 1 fully saturated rings. The van der Waals surface area contributed by atoms with E-state index in [0.717, 1.165) is 0 Å². The number of carbonyl (C=O) groups is 2.